The lowest BCUT2D eigenvalue weighted by Crippen LogP contribution is -2.31. The Labute approximate surface area is 134 Å². The van der Waals surface area contributed by atoms with Crippen LogP contribution in [0.5, 0.6) is 5.75 Å². The van der Waals surface area contributed by atoms with Gasteiger partial charge in [0.15, 0.2) is 0 Å². The number of phenols is 1. The lowest BCUT2D eigenvalue weighted by Gasteiger charge is -2.18. The first kappa shape index (κ1) is 20.8. The first-order valence-electron chi connectivity index (χ1n) is 5.80. The third kappa shape index (κ3) is 5.90. The van der Waals surface area contributed by atoms with Crippen molar-refractivity contribution in [2.45, 2.75) is 29.5 Å². The molecule has 0 heterocycles. The Bertz CT molecular complexity index is 516. The molecule has 3 N–H and O–H groups in total. The summed E-state index contributed by atoms with van der Waals surface area (Å²) < 4.78 is 55.1. The fourth-order valence-corrected chi connectivity index (χ4v) is 2.11. The van der Waals surface area contributed by atoms with Crippen LogP contribution in [0.2, 0.25) is 0 Å². The molecule has 0 aliphatic rings. The minimum absolute atomic E-state index is 0. The predicted molar refractivity (Wildman–Crippen MR) is 75.7 cm³/mol. The normalized spacial score (nSPS) is 13.9. The Balaban J connectivity index is 0.00000441. The van der Waals surface area contributed by atoms with E-state index in [-0.39, 0.29) is 29.5 Å². The van der Waals surface area contributed by atoms with Crippen LogP contribution in [0.4, 0.5) is 17.6 Å². The Hall–Kier alpha value is -1.19. The summed E-state index contributed by atoms with van der Waals surface area (Å²) >= 11 is -0.434. The fraction of sp³-hybridized carbons (Fsp3) is 0.417. The van der Waals surface area contributed by atoms with Crippen LogP contribution >= 0.6 is 24.2 Å². The number of alkyl halides is 4. The molecule has 0 aliphatic heterocycles. The molecule has 126 valence electrons. The molecule has 1 aromatic rings. The highest BCUT2D eigenvalue weighted by atomic mass is 35.5. The highest BCUT2D eigenvalue weighted by Crippen LogP contribution is 2.39. The van der Waals surface area contributed by atoms with E-state index in [0.717, 1.165) is 18.2 Å². The SMILES string of the molecule is CCOC(=O)C(F)[C@H](N)c1cc(SC(F)(F)F)ccc1O.Cl. The smallest absolute Gasteiger partial charge is 0.446 e. The zero-order valence-electron chi connectivity index (χ0n) is 11.3. The molecule has 22 heavy (non-hydrogen) atoms. The average molecular weight is 364 g/mol. The van der Waals surface area contributed by atoms with Crippen LogP contribution in [0, 0.1) is 0 Å². The van der Waals surface area contributed by atoms with Gasteiger partial charge in [0.1, 0.15) is 5.75 Å². The van der Waals surface area contributed by atoms with Crippen LogP contribution < -0.4 is 5.73 Å². The number of hydrogen-bond donors (Lipinski definition) is 2. The molecule has 0 saturated carbocycles. The summed E-state index contributed by atoms with van der Waals surface area (Å²) in [6.07, 6.45) is -2.29. The van der Waals surface area contributed by atoms with E-state index in [1.54, 1.807) is 0 Å². The molecule has 0 spiro atoms. The lowest BCUT2D eigenvalue weighted by molar-refractivity contribution is -0.149. The van der Waals surface area contributed by atoms with Gasteiger partial charge in [0.25, 0.3) is 0 Å². The number of esters is 1. The van der Waals surface area contributed by atoms with E-state index in [9.17, 15) is 27.5 Å². The fourth-order valence-electron chi connectivity index (χ4n) is 1.52. The van der Waals surface area contributed by atoms with Gasteiger partial charge >= 0.3 is 11.5 Å². The van der Waals surface area contributed by atoms with Crippen molar-refractivity contribution in [3.63, 3.8) is 0 Å². The van der Waals surface area contributed by atoms with Gasteiger partial charge in [-0.2, -0.15) is 13.2 Å². The van der Waals surface area contributed by atoms with E-state index in [4.69, 9.17) is 5.73 Å². The van der Waals surface area contributed by atoms with Crippen molar-refractivity contribution in [3.05, 3.63) is 23.8 Å². The van der Waals surface area contributed by atoms with Gasteiger partial charge in [-0.25, -0.2) is 9.18 Å². The van der Waals surface area contributed by atoms with Gasteiger partial charge in [0, 0.05) is 10.5 Å². The Morgan fingerprint density at radius 2 is 2.05 bits per heavy atom. The Morgan fingerprint density at radius 1 is 1.45 bits per heavy atom. The van der Waals surface area contributed by atoms with Gasteiger partial charge in [0.2, 0.25) is 6.17 Å². The van der Waals surface area contributed by atoms with Crippen LogP contribution in [0.3, 0.4) is 0 Å². The van der Waals surface area contributed by atoms with E-state index >= 15 is 0 Å². The third-order valence-electron chi connectivity index (χ3n) is 2.42. The van der Waals surface area contributed by atoms with E-state index in [1.165, 1.54) is 6.92 Å². The van der Waals surface area contributed by atoms with Crippen molar-refractivity contribution >= 4 is 30.1 Å². The maximum Gasteiger partial charge on any atom is 0.446 e. The summed E-state index contributed by atoms with van der Waals surface area (Å²) in [7, 11) is 0. The standard InChI is InChI=1S/C12H13F4NO3S.ClH/c1-2-20-11(19)9(13)10(17)7-5-6(3-4-8(7)18)21-12(14,15)16;/h3-5,9-10,18H,2,17H2,1H3;1H/t9?,10-;/m1./s1. The van der Waals surface area contributed by atoms with Crippen LogP contribution in [-0.2, 0) is 9.53 Å². The average Bonchev–Trinajstić information content (AvgIpc) is 2.38. The number of carbonyl (C=O) groups is 1. The molecule has 0 fully saturated rings. The zero-order chi connectivity index (χ0) is 16.2. The van der Waals surface area contributed by atoms with E-state index in [0.29, 0.717) is 0 Å². The maximum atomic E-state index is 13.8. The number of halogens is 5. The second-order valence-corrected chi connectivity index (χ2v) is 5.09. The molecular weight excluding hydrogens is 350 g/mol. The summed E-state index contributed by atoms with van der Waals surface area (Å²) in [4.78, 5) is 11.0. The number of hydrogen-bond acceptors (Lipinski definition) is 5. The zero-order valence-corrected chi connectivity index (χ0v) is 12.9. The third-order valence-corrected chi connectivity index (χ3v) is 3.14. The number of carbonyl (C=O) groups excluding carboxylic acids is 1. The molecule has 2 atom stereocenters. The minimum Gasteiger partial charge on any atom is -0.508 e. The van der Waals surface area contributed by atoms with Crippen molar-refractivity contribution in [3.8, 4) is 5.75 Å². The lowest BCUT2D eigenvalue weighted by atomic mass is 10.0. The summed E-state index contributed by atoms with van der Waals surface area (Å²) in [6, 6.07) is 1.24. The van der Waals surface area contributed by atoms with E-state index in [2.05, 4.69) is 4.74 Å². The summed E-state index contributed by atoms with van der Waals surface area (Å²) in [5.74, 6) is -1.74. The number of aromatic hydroxyl groups is 1. The highest BCUT2D eigenvalue weighted by molar-refractivity contribution is 8.00. The molecule has 1 unspecified atom stereocenters. The quantitative estimate of drug-likeness (QED) is 0.477. The monoisotopic (exact) mass is 363 g/mol. The van der Waals surface area contributed by atoms with E-state index in [1.807, 2.05) is 0 Å². The number of nitrogens with two attached hydrogens (primary N) is 1. The molecule has 1 aromatic carbocycles. The first-order chi connectivity index (χ1) is 9.65. The molecule has 0 aliphatic carbocycles. The van der Waals surface area contributed by atoms with Gasteiger partial charge in [-0.05, 0) is 36.9 Å². The molecule has 1 rings (SSSR count). The Morgan fingerprint density at radius 3 is 2.55 bits per heavy atom. The van der Waals surface area contributed by atoms with Crippen molar-refractivity contribution in [1.82, 2.24) is 0 Å². The highest BCUT2D eigenvalue weighted by Gasteiger charge is 2.32. The summed E-state index contributed by atoms with van der Waals surface area (Å²) in [5.41, 5.74) is 0.643. The van der Waals surface area contributed by atoms with Gasteiger partial charge in [-0.3, -0.25) is 0 Å². The molecule has 0 bridgehead atoms. The summed E-state index contributed by atoms with van der Waals surface area (Å²) in [5, 5.41) is 9.57. The second kappa shape index (κ2) is 8.44. The van der Waals surface area contributed by atoms with Crippen LogP contribution in [-0.4, -0.2) is 29.4 Å². The Kier molecular flexibility index (Phi) is 7.99. The first-order valence-corrected chi connectivity index (χ1v) is 6.62. The van der Waals surface area contributed by atoms with Crippen molar-refractivity contribution in [2.75, 3.05) is 6.61 Å². The number of thioether (sulfide) groups is 1. The van der Waals surface area contributed by atoms with Gasteiger partial charge < -0.3 is 15.6 Å². The molecule has 10 heteroatoms. The number of ether oxygens (including phenoxy) is 1. The number of phenolic OH excluding ortho intramolecular Hbond substituents is 1. The van der Waals surface area contributed by atoms with Crippen LogP contribution in [0.15, 0.2) is 23.1 Å². The van der Waals surface area contributed by atoms with Crippen LogP contribution in [0.25, 0.3) is 0 Å². The molecule has 4 nitrogen and oxygen atoms in total. The van der Waals surface area contributed by atoms with Crippen molar-refractivity contribution in [1.29, 1.82) is 0 Å². The largest absolute Gasteiger partial charge is 0.508 e. The van der Waals surface area contributed by atoms with E-state index < -0.39 is 41.2 Å². The van der Waals surface area contributed by atoms with Gasteiger partial charge in [-0.15, -0.1) is 12.4 Å². The molecular formula is C12H14ClF4NO3S. The molecule has 0 saturated heterocycles. The second-order valence-electron chi connectivity index (χ2n) is 3.95. The molecule has 0 radical (unpaired) electrons. The van der Waals surface area contributed by atoms with Crippen LogP contribution in [0.1, 0.15) is 18.5 Å². The maximum absolute atomic E-state index is 13.8. The number of benzene rings is 1. The predicted octanol–water partition coefficient (Wildman–Crippen LogP) is 3.33. The molecule has 0 amide bonds. The topological polar surface area (TPSA) is 72.5 Å². The van der Waals surface area contributed by atoms with Crippen molar-refractivity contribution in [2.24, 2.45) is 5.73 Å². The van der Waals surface area contributed by atoms with Crippen molar-refractivity contribution < 1.29 is 32.2 Å². The summed E-state index contributed by atoms with van der Waals surface area (Å²) in [6.45, 7) is 1.40. The minimum atomic E-state index is -4.53. The number of rotatable bonds is 5. The van der Waals surface area contributed by atoms with Gasteiger partial charge in [0.05, 0.1) is 12.6 Å². The molecule has 0 aromatic heterocycles. The van der Waals surface area contributed by atoms with Gasteiger partial charge in [-0.1, -0.05) is 0 Å².